The molecule has 0 radical (unpaired) electrons. The lowest BCUT2D eigenvalue weighted by atomic mass is 10.0. The van der Waals surface area contributed by atoms with Gasteiger partial charge in [-0.25, -0.2) is 4.79 Å². The number of hydrogen-bond donors (Lipinski definition) is 2. The van der Waals surface area contributed by atoms with Gasteiger partial charge in [0.25, 0.3) is 5.91 Å². The maximum Gasteiger partial charge on any atom is 0.433 e. The lowest BCUT2D eigenvalue weighted by molar-refractivity contribution is 0.0983. The van der Waals surface area contributed by atoms with Crippen LogP contribution in [0, 0.1) is 0 Å². The number of nitrogens with one attached hydrogen (secondary N) is 1. The molecule has 18 heavy (non-hydrogen) atoms. The summed E-state index contributed by atoms with van der Waals surface area (Å²) < 4.78 is 0. The molecule has 0 bridgehead atoms. The van der Waals surface area contributed by atoms with E-state index in [1.54, 1.807) is 6.07 Å². The predicted molar refractivity (Wildman–Crippen MR) is 66.0 cm³/mol. The highest BCUT2D eigenvalue weighted by molar-refractivity contribution is 6.29. The number of aliphatic imine (C=N–C) groups is 1. The molecule has 2 N–H and O–H groups in total. The first-order valence-corrected chi connectivity index (χ1v) is 5.32. The molecule has 5 heteroatoms. The van der Waals surface area contributed by atoms with Gasteiger partial charge in [-0.05, 0) is 16.8 Å². The third-order valence-electron chi connectivity index (χ3n) is 2.85. The van der Waals surface area contributed by atoms with E-state index >= 15 is 0 Å². The Bertz CT molecular complexity index is 719. The van der Waals surface area contributed by atoms with Crippen LogP contribution in [0.15, 0.2) is 41.4 Å². The van der Waals surface area contributed by atoms with Crippen LogP contribution < -0.4 is 5.32 Å². The second kappa shape index (κ2) is 3.66. The van der Waals surface area contributed by atoms with E-state index in [2.05, 4.69) is 10.3 Å². The molecule has 0 aliphatic carbocycles. The van der Waals surface area contributed by atoms with E-state index in [0.717, 1.165) is 10.8 Å². The maximum atomic E-state index is 11.7. The summed E-state index contributed by atoms with van der Waals surface area (Å²) in [6.45, 7) is 0. The first-order valence-electron chi connectivity index (χ1n) is 5.32. The van der Waals surface area contributed by atoms with Crippen molar-refractivity contribution >= 4 is 28.6 Å². The molecular formula is C13H8N2O3. The normalized spacial score (nSPS) is 15.8. The summed E-state index contributed by atoms with van der Waals surface area (Å²) in [7, 11) is 0. The fourth-order valence-corrected chi connectivity index (χ4v) is 2.13. The third kappa shape index (κ3) is 1.45. The molecule has 0 saturated carbocycles. The van der Waals surface area contributed by atoms with Gasteiger partial charge in [0.1, 0.15) is 5.84 Å². The molecule has 0 atom stereocenters. The van der Waals surface area contributed by atoms with E-state index < -0.39 is 6.09 Å². The summed E-state index contributed by atoms with van der Waals surface area (Å²) in [5.41, 5.74) is 1.01. The minimum atomic E-state index is -1.33. The fraction of sp³-hybridized carbons (Fsp3) is 0. The summed E-state index contributed by atoms with van der Waals surface area (Å²) in [5, 5.41) is 12.9. The minimum absolute atomic E-state index is 0.0966. The Hall–Kier alpha value is -2.69. The Morgan fingerprint density at radius 3 is 2.72 bits per heavy atom. The van der Waals surface area contributed by atoms with Crippen LogP contribution in [0.1, 0.15) is 15.9 Å². The molecule has 0 spiro atoms. The number of carboxylic acid groups (broad SMARTS) is 1. The average molecular weight is 240 g/mol. The number of amides is 2. The topological polar surface area (TPSA) is 78.8 Å². The number of benzene rings is 2. The van der Waals surface area contributed by atoms with Gasteiger partial charge in [-0.15, -0.1) is 0 Å². The SMILES string of the molecule is O=C(O)N=C1NC(=O)c2ccc3ccccc3c21. The number of fused-ring (bicyclic) bond motifs is 3. The van der Waals surface area contributed by atoms with Crippen molar-refractivity contribution in [3.8, 4) is 0 Å². The Balaban J connectivity index is 2.37. The summed E-state index contributed by atoms with van der Waals surface area (Å²) in [6, 6.07) is 11.0. The van der Waals surface area contributed by atoms with E-state index in [0.29, 0.717) is 11.1 Å². The molecule has 0 unspecified atom stereocenters. The van der Waals surface area contributed by atoms with Crippen molar-refractivity contribution < 1.29 is 14.7 Å². The lowest BCUT2D eigenvalue weighted by Crippen LogP contribution is -2.22. The molecule has 0 saturated heterocycles. The van der Waals surface area contributed by atoms with Crippen molar-refractivity contribution in [1.29, 1.82) is 0 Å². The van der Waals surface area contributed by atoms with Crippen molar-refractivity contribution in [3.05, 3.63) is 47.5 Å². The van der Waals surface area contributed by atoms with Crippen LogP contribution in [-0.2, 0) is 0 Å². The zero-order valence-corrected chi connectivity index (χ0v) is 9.18. The van der Waals surface area contributed by atoms with Crippen LogP contribution in [0.4, 0.5) is 4.79 Å². The van der Waals surface area contributed by atoms with E-state index in [4.69, 9.17) is 5.11 Å². The van der Waals surface area contributed by atoms with Crippen LogP contribution >= 0.6 is 0 Å². The summed E-state index contributed by atoms with van der Waals surface area (Å²) in [4.78, 5) is 25.8. The van der Waals surface area contributed by atoms with Gasteiger partial charge in [0.2, 0.25) is 0 Å². The van der Waals surface area contributed by atoms with Crippen molar-refractivity contribution in [2.45, 2.75) is 0 Å². The van der Waals surface area contributed by atoms with Crippen molar-refractivity contribution in [2.24, 2.45) is 4.99 Å². The Morgan fingerprint density at radius 1 is 1.17 bits per heavy atom. The molecule has 5 nitrogen and oxygen atoms in total. The van der Waals surface area contributed by atoms with Gasteiger partial charge in [0.05, 0.1) is 5.56 Å². The summed E-state index contributed by atoms with van der Waals surface area (Å²) in [6.07, 6.45) is -1.33. The molecule has 1 aliphatic heterocycles. The molecule has 0 fully saturated rings. The highest BCUT2D eigenvalue weighted by atomic mass is 16.4. The fourth-order valence-electron chi connectivity index (χ4n) is 2.13. The van der Waals surface area contributed by atoms with Gasteiger partial charge in [-0.2, -0.15) is 4.99 Å². The van der Waals surface area contributed by atoms with E-state index in [1.807, 2.05) is 30.3 Å². The quantitative estimate of drug-likeness (QED) is 0.739. The first kappa shape index (κ1) is 10.5. The number of carbonyl (C=O) groups excluding carboxylic acids is 1. The zero-order chi connectivity index (χ0) is 12.7. The molecule has 3 rings (SSSR count). The Kier molecular flexibility index (Phi) is 2.13. The summed E-state index contributed by atoms with van der Waals surface area (Å²) >= 11 is 0. The third-order valence-corrected chi connectivity index (χ3v) is 2.85. The van der Waals surface area contributed by atoms with Crippen LogP contribution in [0.5, 0.6) is 0 Å². The van der Waals surface area contributed by atoms with Crippen LogP contribution in [-0.4, -0.2) is 22.9 Å². The molecule has 2 aromatic rings. The average Bonchev–Trinajstić information content (AvgIpc) is 2.66. The van der Waals surface area contributed by atoms with Gasteiger partial charge in [-0.3, -0.25) is 4.79 Å². The first-order chi connectivity index (χ1) is 8.66. The molecule has 2 amide bonds. The molecule has 1 aliphatic rings. The lowest BCUT2D eigenvalue weighted by Gasteiger charge is -2.03. The molecule has 2 aromatic carbocycles. The number of hydrogen-bond acceptors (Lipinski definition) is 2. The largest absolute Gasteiger partial charge is 0.463 e. The van der Waals surface area contributed by atoms with Gasteiger partial charge < -0.3 is 10.4 Å². The minimum Gasteiger partial charge on any atom is -0.463 e. The Morgan fingerprint density at radius 2 is 1.94 bits per heavy atom. The standard InChI is InChI=1S/C13H8N2O3/c16-12-9-6-5-7-3-1-2-4-8(7)10(9)11(14-12)15-13(17)18/h1-6H,(H,17,18)(H,14,15,16). The van der Waals surface area contributed by atoms with Gasteiger partial charge >= 0.3 is 6.09 Å². The van der Waals surface area contributed by atoms with Crippen molar-refractivity contribution in [2.75, 3.05) is 0 Å². The second-order valence-corrected chi connectivity index (χ2v) is 3.91. The molecular weight excluding hydrogens is 232 g/mol. The van der Waals surface area contributed by atoms with Crippen molar-refractivity contribution in [3.63, 3.8) is 0 Å². The number of nitrogens with zero attached hydrogens (tertiary/aromatic N) is 1. The number of amidine groups is 1. The predicted octanol–water partition coefficient (Wildman–Crippen LogP) is 2.01. The second-order valence-electron chi connectivity index (χ2n) is 3.91. The van der Waals surface area contributed by atoms with Crippen LogP contribution in [0.3, 0.4) is 0 Å². The number of carbonyl (C=O) groups is 2. The Labute approximate surface area is 102 Å². The molecule has 88 valence electrons. The van der Waals surface area contributed by atoms with Crippen LogP contribution in [0.2, 0.25) is 0 Å². The highest BCUT2D eigenvalue weighted by Gasteiger charge is 2.27. The zero-order valence-electron chi connectivity index (χ0n) is 9.18. The van der Waals surface area contributed by atoms with Crippen LogP contribution in [0.25, 0.3) is 10.8 Å². The van der Waals surface area contributed by atoms with Gasteiger partial charge in [0, 0.05) is 5.56 Å². The smallest absolute Gasteiger partial charge is 0.433 e. The highest BCUT2D eigenvalue weighted by Crippen LogP contribution is 2.26. The van der Waals surface area contributed by atoms with Gasteiger partial charge in [0.15, 0.2) is 0 Å². The monoisotopic (exact) mass is 240 g/mol. The van der Waals surface area contributed by atoms with Gasteiger partial charge in [-0.1, -0.05) is 30.3 Å². The summed E-state index contributed by atoms with van der Waals surface area (Å²) in [5.74, 6) is -0.227. The van der Waals surface area contributed by atoms with Crippen molar-refractivity contribution in [1.82, 2.24) is 5.32 Å². The van der Waals surface area contributed by atoms with E-state index in [-0.39, 0.29) is 11.7 Å². The maximum absolute atomic E-state index is 11.7. The molecule has 0 aromatic heterocycles. The number of rotatable bonds is 0. The molecule has 1 heterocycles. The van der Waals surface area contributed by atoms with E-state index in [9.17, 15) is 9.59 Å². The van der Waals surface area contributed by atoms with E-state index in [1.165, 1.54) is 0 Å².